The van der Waals surface area contributed by atoms with Gasteiger partial charge >= 0.3 is 0 Å². The van der Waals surface area contributed by atoms with Gasteiger partial charge in [-0.05, 0) is 45.7 Å². The number of benzene rings is 1. The molecule has 148 valence electrons. The molecule has 5 heteroatoms. The van der Waals surface area contributed by atoms with Crippen molar-refractivity contribution in [1.29, 1.82) is 0 Å². The first-order valence-electron chi connectivity index (χ1n) is 10.4. The number of likely N-dealkylation sites (tertiary alicyclic amines) is 1. The second kappa shape index (κ2) is 8.00. The van der Waals surface area contributed by atoms with Crippen LogP contribution in [-0.2, 0) is 17.8 Å². The van der Waals surface area contributed by atoms with E-state index in [-0.39, 0.29) is 17.9 Å². The Kier molecular flexibility index (Phi) is 5.44. The molecule has 5 nitrogen and oxygen atoms in total. The summed E-state index contributed by atoms with van der Waals surface area (Å²) in [4.78, 5) is 27.3. The molecule has 1 aromatic heterocycles. The van der Waals surface area contributed by atoms with E-state index < -0.39 is 0 Å². The number of amides is 1. The number of aromatic nitrogens is 2. The Morgan fingerprint density at radius 2 is 1.96 bits per heavy atom. The maximum absolute atomic E-state index is 13.4. The summed E-state index contributed by atoms with van der Waals surface area (Å²) in [5.74, 6) is 0.870. The molecule has 4 rings (SSSR count). The molecule has 2 aromatic rings. The molecule has 0 spiro atoms. The second-order valence-electron chi connectivity index (χ2n) is 8.36. The van der Waals surface area contributed by atoms with E-state index >= 15 is 0 Å². The van der Waals surface area contributed by atoms with Crippen molar-refractivity contribution < 1.29 is 4.79 Å². The Morgan fingerprint density at radius 1 is 1.18 bits per heavy atom. The van der Waals surface area contributed by atoms with Crippen LogP contribution in [0.4, 0.5) is 0 Å². The third-order valence-electron chi connectivity index (χ3n) is 6.18. The minimum absolute atomic E-state index is 0.000829. The predicted molar refractivity (Wildman–Crippen MR) is 110 cm³/mol. The number of piperidine rings is 1. The van der Waals surface area contributed by atoms with Crippen molar-refractivity contribution >= 4 is 5.91 Å². The highest BCUT2D eigenvalue weighted by Gasteiger charge is 2.33. The van der Waals surface area contributed by atoms with Gasteiger partial charge in [-0.3, -0.25) is 4.79 Å². The van der Waals surface area contributed by atoms with Crippen molar-refractivity contribution in [2.45, 2.75) is 58.0 Å². The molecule has 1 aromatic carbocycles. The van der Waals surface area contributed by atoms with Gasteiger partial charge in [-0.1, -0.05) is 29.8 Å². The van der Waals surface area contributed by atoms with E-state index in [4.69, 9.17) is 9.97 Å². The number of fused-ring (bicyclic) bond motifs is 1. The van der Waals surface area contributed by atoms with Gasteiger partial charge in [0.05, 0.1) is 12.0 Å². The molecule has 0 bridgehead atoms. The summed E-state index contributed by atoms with van der Waals surface area (Å²) in [6, 6.07) is 8.30. The maximum atomic E-state index is 13.4. The zero-order chi connectivity index (χ0) is 19.7. The van der Waals surface area contributed by atoms with Gasteiger partial charge < -0.3 is 9.80 Å². The highest BCUT2D eigenvalue weighted by molar-refractivity contribution is 5.83. The van der Waals surface area contributed by atoms with E-state index in [0.717, 1.165) is 62.4 Å². The summed E-state index contributed by atoms with van der Waals surface area (Å²) < 4.78 is 0. The zero-order valence-corrected chi connectivity index (χ0v) is 17.2. The lowest BCUT2D eigenvalue weighted by Gasteiger charge is -2.37. The Bertz CT molecular complexity index is 848. The van der Waals surface area contributed by atoms with E-state index in [1.54, 1.807) is 0 Å². The molecule has 28 heavy (non-hydrogen) atoms. The van der Waals surface area contributed by atoms with Crippen LogP contribution in [0.15, 0.2) is 30.5 Å². The normalized spacial score (nSPS) is 21.2. The zero-order valence-electron chi connectivity index (χ0n) is 17.2. The number of rotatable bonds is 3. The van der Waals surface area contributed by atoms with Gasteiger partial charge in [-0.25, -0.2) is 9.97 Å². The largest absolute Gasteiger partial charge is 0.332 e. The van der Waals surface area contributed by atoms with Gasteiger partial charge in [0.15, 0.2) is 5.82 Å². The van der Waals surface area contributed by atoms with Crippen LogP contribution >= 0.6 is 0 Å². The first kappa shape index (κ1) is 19.1. The summed E-state index contributed by atoms with van der Waals surface area (Å²) in [5.41, 5.74) is 4.67. The topological polar surface area (TPSA) is 49.3 Å². The Morgan fingerprint density at radius 3 is 2.75 bits per heavy atom. The van der Waals surface area contributed by atoms with E-state index in [1.807, 2.05) is 18.0 Å². The van der Waals surface area contributed by atoms with Crippen LogP contribution in [0.1, 0.15) is 66.4 Å². The van der Waals surface area contributed by atoms with Crippen molar-refractivity contribution in [3.63, 3.8) is 0 Å². The number of aryl methyl sites for hydroxylation is 1. The van der Waals surface area contributed by atoms with Crippen LogP contribution < -0.4 is 0 Å². The molecular formula is C23H30N4O. The molecule has 0 unspecified atom stereocenters. The summed E-state index contributed by atoms with van der Waals surface area (Å²) >= 11 is 0. The highest BCUT2D eigenvalue weighted by atomic mass is 16.2. The molecule has 0 aliphatic carbocycles. The number of hydrogen-bond donors (Lipinski definition) is 0. The Labute approximate surface area is 167 Å². The first-order chi connectivity index (χ1) is 13.5. The lowest BCUT2D eigenvalue weighted by atomic mass is 9.94. The maximum Gasteiger partial charge on any atom is 0.230 e. The second-order valence-corrected chi connectivity index (χ2v) is 8.36. The third-order valence-corrected chi connectivity index (χ3v) is 6.18. The molecule has 2 atom stereocenters. The van der Waals surface area contributed by atoms with Crippen LogP contribution in [0.5, 0.6) is 0 Å². The van der Waals surface area contributed by atoms with Gasteiger partial charge in [0.1, 0.15) is 0 Å². The lowest BCUT2D eigenvalue weighted by Crippen LogP contribution is -2.41. The number of carbonyl (C=O) groups is 1. The average molecular weight is 379 g/mol. The molecule has 0 radical (unpaired) electrons. The van der Waals surface area contributed by atoms with E-state index in [2.05, 4.69) is 43.1 Å². The minimum Gasteiger partial charge on any atom is -0.332 e. The van der Waals surface area contributed by atoms with Gasteiger partial charge in [-0.2, -0.15) is 0 Å². The molecule has 0 saturated carbocycles. The number of carbonyl (C=O) groups excluding carboxylic acids is 1. The van der Waals surface area contributed by atoms with E-state index in [0.29, 0.717) is 0 Å². The fraction of sp³-hybridized carbons (Fsp3) is 0.522. The average Bonchev–Trinajstić information content (AvgIpc) is 2.73. The lowest BCUT2D eigenvalue weighted by molar-refractivity contribution is -0.136. The quantitative estimate of drug-likeness (QED) is 0.818. The van der Waals surface area contributed by atoms with Crippen LogP contribution in [0.25, 0.3) is 0 Å². The third kappa shape index (κ3) is 3.81. The van der Waals surface area contributed by atoms with Crippen molar-refractivity contribution in [3.05, 3.63) is 58.7 Å². The van der Waals surface area contributed by atoms with Gasteiger partial charge in [-0.15, -0.1) is 0 Å². The standard InChI is InChI=1S/C23H30N4O/c1-16-7-9-18(10-8-16)17(2)23(28)27-12-5-4-6-21(27)22-24-14-19-15-26(3)13-11-20(19)25-22/h7-10,14,17,21H,4-6,11-13,15H2,1-3H3/t17-,21-/m0/s1. The van der Waals surface area contributed by atoms with E-state index in [9.17, 15) is 4.79 Å². The summed E-state index contributed by atoms with van der Waals surface area (Å²) in [6.45, 7) is 6.82. The minimum atomic E-state index is -0.146. The molecule has 3 heterocycles. The smallest absolute Gasteiger partial charge is 0.230 e. The molecule has 1 amide bonds. The molecular weight excluding hydrogens is 348 g/mol. The highest BCUT2D eigenvalue weighted by Crippen LogP contribution is 2.33. The molecule has 1 saturated heterocycles. The van der Waals surface area contributed by atoms with Crippen molar-refractivity contribution in [2.75, 3.05) is 20.1 Å². The van der Waals surface area contributed by atoms with E-state index in [1.165, 1.54) is 11.1 Å². The fourth-order valence-corrected chi connectivity index (χ4v) is 4.34. The first-order valence-corrected chi connectivity index (χ1v) is 10.4. The van der Waals surface area contributed by atoms with Crippen LogP contribution in [-0.4, -0.2) is 45.8 Å². The van der Waals surface area contributed by atoms with Crippen LogP contribution in [0.3, 0.4) is 0 Å². The number of likely N-dealkylation sites (N-methyl/N-ethyl adjacent to an activating group) is 1. The monoisotopic (exact) mass is 378 g/mol. The Balaban J connectivity index is 1.58. The van der Waals surface area contributed by atoms with Gasteiger partial charge in [0.25, 0.3) is 0 Å². The number of nitrogens with zero attached hydrogens (tertiary/aromatic N) is 4. The van der Waals surface area contributed by atoms with Crippen molar-refractivity contribution in [1.82, 2.24) is 19.8 Å². The molecule has 2 aliphatic heterocycles. The predicted octanol–water partition coefficient (Wildman–Crippen LogP) is 3.63. The molecule has 1 fully saturated rings. The van der Waals surface area contributed by atoms with Crippen LogP contribution in [0.2, 0.25) is 0 Å². The summed E-state index contributed by atoms with van der Waals surface area (Å²) in [7, 11) is 2.13. The summed E-state index contributed by atoms with van der Waals surface area (Å²) in [5, 5.41) is 0. The summed E-state index contributed by atoms with van der Waals surface area (Å²) in [6.07, 6.45) is 6.07. The van der Waals surface area contributed by atoms with Gasteiger partial charge in [0, 0.05) is 43.5 Å². The molecule has 2 aliphatic rings. The van der Waals surface area contributed by atoms with Gasteiger partial charge in [0.2, 0.25) is 5.91 Å². The SMILES string of the molecule is Cc1ccc([C@H](C)C(=O)N2CCCC[C@H]2c2ncc3c(n2)CCN(C)C3)cc1. The number of hydrogen-bond acceptors (Lipinski definition) is 4. The van der Waals surface area contributed by atoms with Crippen molar-refractivity contribution in [2.24, 2.45) is 0 Å². The fourth-order valence-electron chi connectivity index (χ4n) is 4.34. The van der Waals surface area contributed by atoms with Crippen LogP contribution in [0, 0.1) is 6.92 Å². The van der Waals surface area contributed by atoms with Crippen molar-refractivity contribution in [3.8, 4) is 0 Å². The molecule has 0 N–H and O–H groups in total. The Hall–Kier alpha value is -2.27.